The van der Waals surface area contributed by atoms with E-state index in [0.29, 0.717) is 32.4 Å². The molecule has 3 heterocycles. The van der Waals surface area contributed by atoms with Gasteiger partial charge in [0, 0.05) is 49.1 Å². The van der Waals surface area contributed by atoms with Crippen molar-refractivity contribution in [3.8, 4) is 0 Å². The van der Waals surface area contributed by atoms with Gasteiger partial charge in [-0.3, -0.25) is 19.6 Å². The van der Waals surface area contributed by atoms with Crippen LogP contribution in [0.1, 0.15) is 23.2 Å². The summed E-state index contributed by atoms with van der Waals surface area (Å²) in [6, 6.07) is 3.91. The van der Waals surface area contributed by atoms with Crippen molar-refractivity contribution in [2.75, 3.05) is 13.1 Å². The molecule has 4 rings (SSSR count). The van der Waals surface area contributed by atoms with Gasteiger partial charge in [0.25, 0.3) is 0 Å². The number of nitrogens with zero attached hydrogens (tertiary/aromatic N) is 3. The van der Waals surface area contributed by atoms with E-state index < -0.39 is 0 Å². The molecule has 1 aliphatic heterocycles. The molecule has 0 bridgehead atoms. The van der Waals surface area contributed by atoms with Gasteiger partial charge in [-0.25, -0.2) is 0 Å². The van der Waals surface area contributed by atoms with Gasteiger partial charge < -0.3 is 10.2 Å². The lowest BCUT2D eigenvalue weighted by Crippen LogP contribution is -2.70. The Morgan fingerprint density at radius 2 is 1.96 bits per heavy atom. The van der Waals surface area contributed by atoms with Gasteiger partial charge >= 0.3 is 0 Å². The van der Waals surface area contributed by atoms with E-state index in [4.69, 9.17) is 0 Å². The van der Waals surface area contributed by atoms with Crippen LogP contribution in [0.2, 0.25) is 0 Å². The molecule has 0 radical (unpaired) electrons. The van der Waals surface area contributed by atoms with Crippen LogP contribution in [-0.2, 0) is 28.9 Å². The molecule has 1 saturated heterocycles. The van der Waals surface area contributed by atoms with Crippen LogP contribution in [0, 0.1) is 5.92 Å². The summed E-state index contributed by atoms with van der Waals surface area (Å²) >= 11 is 1.58. The highest BCUT2D eigenvalue weighted by molar-refractivity contribution is 7.10. The van der Waals surface area contributed by atoms with Crippen molar-refractivity contribution >= 4 is 23.2 Å². The molecule has 2 amide bonds. The molecular formula is C18H20N4O2S. The average Bonchev–Trinajstić information content (AvgIpc) is 3.20. The Morgan fingerprint density at radius 1 is 1.28 bits per heavy atom. The van der Waals surface area contributed by atoms with Crippen LogP contribution in [0.15, 0.2) is 29.9 Å². The Bertz CT molecular complexity index is 774. The van der Waals surface area contributed by atoms with Gasteiger partial charge in [-0.05, 0) is 18.4 Å². The number of fused-ring (bicyclic) bond motifs is 1. The highest BCUT2D eigenvalue weighted by Gasteiger charge is 2.45. The normalized spacial score (nSPS) is 18.5. The lowest BCUT2D eigenvalue weighted by molar-refractivity contribution is -0.145. The van der Waals surface area contributed by atoms with Crippen molar-refractivity contribution in [3.63, 3.8) is 0 Å². The fraction of sp³-hybridized carbons (Fsp3) is 0.444. The zero-order valence-corrected chi connectivity index (χ0v) is 14.9. The van der Waals surface area contributed by atoms with Gasteiger partial charge in [-0.1, -0.05) is 6.07 Å². The summed E-state index contributed by atoms with van der Waals surface area (Å²) in [5, 5.41) is 5.04. The summed E-state index contributed by atoms with van der Waals surface area (Å²) in [7, 11) is 0. The maximum atomic E-state index is 12.7. The van der Waals surface area contributed by atoms with Crippen molar-refractivity contribution in [3.05, 3.63) is 46.2 Å². The molecule has 0 unspecified atom stereocenters. The van der Waals surface area contributed by atoms with Gasteiger partial charge in [0.15, 0.2) is 0 Å². The number of carbonyl (C=O) groups is 2. The molecule has 0 spiro atoms. The third kappa shape index (κ3) is 3.28. The Labute approximate surface area is 150 Å². The monoisotopic (exact) mass is 356 g/mol. The van der Waals surface area contributed by atoms with Gasteiger partial charge in [0.05, 0.1) is 23.3 Å². The minimum atomic E-state index is -0.327. The molecule has 1 aliphatic carbocycles. The van der Waals surface area contributed by atoms with Crippen molar-refractivity contribution in [1.29, 1.82) is 0 Å². The molecule has 0 saturated carbocycles. The largest absolute Gasteiger partial charge is 0.347 e. The van der Waals surface area contributed by atoms with E-state index in [9.17, 15) is 9.59 Å². The highest BCUT2D eigenvalue weighted by Crippen LogP contribution is 2.29. The lowest BCUT2D eigenvalue weighted by Gasteiger charge is -2.49. The van der Waals surface area contributed by atoms with Gasteiger partial charge in [0.2, 0.25) is 11.8 Å². The SMILES string of the molecule is CC1(NC(=O)Cc2cccs2)CN(C(=O)C2Cc3nccnc3C2)C1. The van der Waals surface area contributed by atoms with Gasteiger partial charge in [-0.2, -0.15) is 0 Å². The Morgan fingerprint density at radius 3 is 2.56 bits per heavy atom. The molecule has 25 heavy (non-hydrogen) atoms. The predicted molar refractivity (Wildman–Crippen MR) is 94.1 cm³/mol. The van der Waals surface area contributed by atoms with Gasteiger partial charge in [0.1, 0.15) is 0 Å². The maximum absolute atomic E-state index is 12.7. The van der Waals surface area contributed by atoms with Crippen molar-refractivity contribution in [2.24, 2.45) is 5.92 Å². The minimum Gasteiger partial charge on any atom is -0.347 e. The van der Waals surface area contributed by atoms with Crippen LogP contribution in [0.4, 0.5) is 0 Å². The summed E-state index contributed by atoms with van der Waals surface area (Å²) in [6.45, 7) is 3.13. The van der Waals surface area contributed by atoms with Crippen LogP contribution >= 0.6 is 11.3 Å². The summed E-state index contributed by atoms with van der Waals surface area (Å²) in [6.07, 6.45) is 5.08. The molecule has 1 fully saturated rings. The third-order valence-corrected chi connectivity index (χ3v) is 5.71. The van der Waals surface area contributed by atoms with Crippen LogP contribution in [0.5, 0.6) is 0 Å². The van der Waals surface area contributed by atoms with Crippen LogP contribution in [-0.4, -0.2) is 45.3 Å². The molecule has 2 aliphatic rings. The predicted octanol–water partition coefficient (Wildman–Crippen LogP) is 1.21. The van der Waals surface area contributed by atoms with E-state index >= 15 is 0 Å². The Kier molecular flexibility index (Phi) is 4.03. The molecule has 2 aromatic heterocycles. The average molecular weight is 356 g/mol. The molecule has 0 aromatic carbocycles. The number of amides is 2. The third-order valence-electron chi connectivity index (χ3n) is 4.84. The second-order valence-corrected chi connectivity index (χ2v) is 8.15. The van der Waals surface area contributed by atoms with Gasteiger partial charge in [-0.15, -0.1) is 11.3 Å². The van der Waals surface area contributed by atoms with Crippen molar-refractivity contribution in [1.82, 2.24) is 20.2 Å². The molecule has 7 heteroatoms. The molecular weight excluding hydrogens is 336 g/mol. The standard InChI is InChI=1S/C18H20N4O2S/c1-18(21-16(23)9-13-3-2-6-25-13)10-22(11-18)17(24)12-7-14-15(8-12)20-5-4-19-14/h2-6,12H,7-11H2,1H3,(H,21,23). The number of hydrogen-bond donors (Lipinski definition) is 1. The quantitative estimate of drug-likeness (QED) is 0.894. The first kappa shape index (κ1) is 16.2. The Hall–Kier alpha value is -2.28. The highest BCUT2D eigenvalue weighted by atomic mass is 32.1. The van der Waals surface area contributed by atoms with Crippen molar-refractivity contribution < 1.29 is 9.59 Å². The second kappa shape index (κ2) is 6.22. The van der Waals surface area contributed by atoms with E-state index in [1.807, 2.05) is 29.3 Å². The molecule has 0 atom stereocenters. The first-order valence-electron chi connectivity index (χ1n) is 8.43. The van der Waals surface area contributed by atoms with Crippen LogP contribution in [0.25, 0.3) is 0 Å². The zero-order chi connectivity index (χ0) is 17.4. The number of likely N-dealkylation sites (tertiary alicyclic amines) is 1. The number of aromatic nitrogens is 2. The minimum absolute atomic E-state index is 0.0127. The number of hydrogen-bond acceptors (Lipinski definition) is 5. The summed E-state index contributed by atoms with van der Waals surface area (Å²) < 4.78 is 0. The van der Waals surface area contributed by atoms with E-state index in [0.717, 1.165) is 16.3 Å². The molecule has 1 N–H and O–H groups in total. The Balaban J connectivity index is 1.29. The second-order valence-electron chi connectivity index (χ2n) is 7.11. The van der Waals surface area contributed by atoms with E-state index in [1.165, 1.54) is 0 Å². The lowest BCUT2D eigenvalue weighted by atomic mass is 9.89. The summed E-state index contributed by atoms with van der Waals surface area (Å²) in [4.78, 5) is 36.4. The molecule has 6 nitrogen and oxygen atoms in total. The van der Waals surface area contributed by atoms with Crippen molar-refractivity contribution in [2.45, 2.75) is 31.7 Å². The fourth-order valence-corrected chi connectivity index (χ4v) is 4.40. The van der Waals surface area contributed by atoms with E-state index in [2.05, 4.69) is 15.3 Å². The number of rotatable bonds is 4. The number of nitrogens with one attached hydrogen (secondary N) is 1. The topological polar surface area (TPSA) is 75.2 Å². The van der Waals surface area contributed by atoms with E-state index in [1.54, 1.807) is 23.7 Å². The summed E-state index contributed by atoms with van der Waals surface area (Å²) in [5.41, 5.74) is 1.55. The number of carbonyl (C=O) groups excluding carboxylic acids is 2. The van der Waals surface area contributed by atoms with E-state index in [-0.39, 0.29) is 23.3 Å². The first-order chi connectivity index (χ1) is 12.0. The first-order valence-corrected chi connectivity index (χ1v) is 9.31. The maximum Gasteiger partial charge on any atom is 0.226 e. The molecule has 2 aromatic rings. The smallest absolute Gasteiger partial charge is 0.226 e. The zero-order valence-electron chi connectivity index (χ0n) is 14.1. The van der Waals surface area contributed by atoms with Crippen LogP contribution in [0.3, 0.4) is 0 Å². The summed E-state index contributed by atoms with van der Waals surface area (Å²) in [5.74, 6) is 0.0901. The molecule has 130 valence electrons. The number of thiophene rings is 1. The fourth-order valence-electron chi connectivity index (χ4n) is 3.69. The van der Waals surface area contributed by atoms with Crippen LogP contribution < -0.4 is 5.32 Å².